The molecule has 0 fully saturated rings. The Balaban J connectivity index is 2.30. The van der Waals surface area contributed by atoms with Crippen molar-refractivity contribution in [2.75, 3.05) is 26.2 Å². The van der Waals surface area contributed by atoms with Crippen LogP contribution < -0.4 is 0 Å². The van der Waals surface area contributed by atoms with E-state index in [1.165, 1.54) is 6.07 Å². The Morgan fingerprint density at radius 1 is 1.14 bits per heavy atom. The molecule has 0 heterocycles. The van der Waals surface area contributed by atoms with Crippen LogP contribution in [0.2, 0.25) is 0 Å². The van der Waals surface area contributed by atoms with Gasteiger partial charge in [0, 0.05) is 12.1 Å². The molecule has 0 aliphatic carbocycles. The Labute approximate surface area is 134 Å². The van der Waals surface area contributed by atoms with Crippen LogP contribution in [0.15, 0.2) is 24.3 Å². The summed E-state index contributed by atoms with van der Waals surface area (Å²) in [6.45, 7) is 7.44. The first-order valence-electron chi connectivity index (χ1n) is 8.38. The Bertz CT molecular complexity index is 392. The van der Waals surface area contributed by atoms with Crippen LogP contribution >= 0.6 is 0 Å². The van der Waals surface area contributed by atoms with Crippen LogP contribution in [0.3, 0.4) is 0 Å². The van der Waals surface area contributed by atoms with Crippen molar-refractivity contribution < 1.29 is 14.2 Å². The number of hydrogen-bond donors (Lipinski definition) is 1. The van der Waals surface area contributed by atoms with E-state index in [0.29, 0.717) is 12.1 Å². The Morgan fingerprint density at radius 2 is 1.77 bits per heavy atom. The summed E-state index contributed by atoms with van der Waals surface area (Å²) in [6, 6.07) is 6.57. The lowest BCUT2D eigenvalue weighted by molar-refractivity contribution is 0.00873. The van der Waals surface area contributed by atoms with Gasteiger partial charge in [0.1, 0.15) is 5.82 Å². The molecule has 1 N–H and O–H groups in total. The molecule has 4 heteroatoms. The van der Waals surface area contributed by atoms with Crippen LogP contribution in [0.1, 0.15) is 45.1 Å². The van der Waals surface area contributed by atoms with Gasteiger partial charge in [-0.2, -0.15) is 0 Å². The molecule has 0 amide bonds. The van der Waals surface area contributed by atoms with Crippen molar-refractivity contribution in [3.05, 3.63) is 35.6 Å². The normalized spacial score (nSPS) is 12.8. The quantitative estimate of drug-likeness (QED) is 0.640. The molecule has 0 unspecified atom stereocenters. The summed E-state index contributed by atoms with van der Waals surface area (Å²) in [5, 5.41) is 10.1. The van der Waals surface area contributed by atoms with E-state index in [0.717, 1.165) is 38.8 Å². The van der Waals surface area contributed by atoms with Crippen LogP contribution in [0.4, 0.5) is 4.39 Å². The SMILES string of the molecule is CCCCN(CCCC)C[C@@H](O)COCc1ccccc1F. The summed E-state index contributed by atoms with van der Waals surface area (Å²) in [7, 11) is 0. The highest BCUT2D eigenvalue weighted by molar-refractivity contribution is 5.16. The van der Waals surface area contributed by atoms with Crippen molar-refractivity contribution in [3.63, 3.8) is 0 Å². The van der Waals surface area contributed by atoms with Crippen molar-refractivity contribution in [2.24, 2.45) is 0 Å². The Kier molecular flexibility index (Phi) is 10.0. The first-order valence-corrected chi connectivity index (χ1v) is 8.38. The number of aliphatic hydroxyl groups excluding tert-OH is 1. The van der Waals surface area contributed by atoms with Crippen LogP contribution in [0, 0.1) is 5.82 Å². The Morgan fingerprint density at radius 3 is 2.36 bits per heavy atom. The molecule has 0 saturated carbocycles. The fourth-order valence-corrected chi connectivity index (χ4v) is 2.33. The van der Waals surface area contributed by atoms with Gasteiger partial charge in [0.15, 0.2) is 0 Å². The van der Waals surface area contributed by atoms with Crippen LogP contribution in [0.25, 0.3) is 0 Å². The number of aliphatic hydroxyl groups is 1. The maximum atomic E-state index is 13.5. The molecular formula is C18H30FNO2. The molecule has 0 saturated heterocycles. The van der Waals surface area contributed by atoms with Crippen LogP contribution in [-0.2, 0) is 11.3 Å². The molecule has 126 valence electrons. The van der Waals surface area contributed by atoms with Crippen LogP contribution in [0.5, 0.6) is 0 Å². The highest BCUT2D eigenvalue weighted by Crippen LogP contribution is 2.08. The minimum atomic E-state index is -0.527. The topological polar surface area (TPSA) is 32.7 Å². The number of benzene rings is 1. The molecule has 0 radical (unpaired) electrons. The van der Waals surface area contributed by atoms with Gasteiger partial charge in [0.25, 0.3) is 0 Å². The van der Waals surface area contributed by atoms with Gasteiger partial charge in [-0.3, -0.25) is 0 Å². The van der Waals surface area contributed by atoms with Gasteiger partial charge in [-0.05, 0) is 32.0 Å². The molecule has 22 heavy (non-hydrogen) atoms. The fraction of sp³-hybridized carbons (Fsp3) is 0.667. The number of nitrogens with zero attached hydrogens (tertiary/aromatic N) is 1. The highest BCUT2D eigenvalue weighted by Gasteiger charge is 2.12. The maximum absolute atomic E-state index is 13.5. The second-order valence-electron chi connectivity index (χ2n) is 5.77. The molecule has 1 rings (SSSR count). The molecule has 0 spiro atoms. The maximum Gasteiger partial charge on any atom is 0.128 e. The summed E-state index contributed by atoms with van der Waals surface area (Å²) in [6.07, 6.45) is 4.07. The third-order valence-corrected chi connectivity index (χ3v) is 3.65. The zero-order chi connectivity index (χ0) is 16.2. The van der Waals surface area contributed by atoms with Gasteiger partial charge < -0.3 is 14.7 Å². The van der Waals surface area contributed by atoms with E-state index in [4.69, 9.17) is 4.74 Å². The zero-order valence-corrected chi connectivity index (χ0v) is 13.9. The number of hydrogen-bond acceptors (Lipinski definition) is 3. The number of ether oxygens (including phenoxy) is 1. The number of unbranched alkanes of at least 4 members (excludes halogenated alkanes) is 2. The predicted octanol–water partition coefficient (Wildman–Crippen LogP) is 3.61. The summed E-state index contributed by atoms with van der Waals surface area (Å²) < 4.78 is 18.9. The third-order valence-electron chi connectivity index (χ3n) is 3.65. The first-order chi connectivity index (χ1) is 10.7. The molecule has 0 aliphatic rings. The lowest BCUT2D eigenvalue weighted by Crippen LogP contribution is -2.36. The molecular weight excluding hydrogens is 281 g/mol. The molecule has 1 aromatic rings. The minimum absolute atomic E-state index is 0.202. The summed E-state index contributed by atoms with van der Waals surface area (Å²) in [4.78, 5) is 2.30. The van der Waals surface area contributed by atoms with Gasteiger partial charge in [-0.15, -0.1) is 0 Å². The predicted molar refractivity (Wildman–Crippen MR) is 88.3 cm³/mol. The van der Waals surface area contributed by atoms with E-state index in [9.17, 15) is 9.50 Å². The smallest absolute Gasteiger partial charge is 0.128 e. The number of rotatable bonds is 12. The summed E-state index contributed by atoms with van der Waals surface area (Å²) in [5.41, 5.74) is 0.531. The van der Waals surface area contributed by atoms with Crippen molar-refractivity contribution in [2.45, 2.75) is 52.2 Å². The average Bonchev–Trinajstić information content (AvgIpc) is 2.52. The van der Waals surface area contributed by atoms with Crippen molar-refractivity contribution in [3.8, 4) is 0 Å². The molecule has 1 aromatic carbocycles. The summed E-state index contributed by atoms with van der Waals surface area (Å²) in [5.74, 6) is -0.260. The van der Waals surface area contributed by atoms with Gasteiger partial charge >= 0.3 is 0 Å². The molecule has 0 aliphatic heterocycles. The average molecular weight is 311 g/mol. The van der Waals surface area contributed by atoms with Gasteiger partial charge in [-0.1, -0.05) is 44.9 Å². The van der Waals surface area contributed by atoms with E-state index in [1.54, 1.807) is 18.2 Å². The lowest BCUT2D eigenvalue weighted by Gasteiger charge is -2.24. The van der Waals surface area contributed by atoms with Crippen molar-refractivity contribution in [1.82, 2.24) is 4.90 Å². The largest absolute Gasteiger partial charge is 0.389 e. The third kappa shape index (κ3) is 7.87. The van der Waals surface area contributed by atoms with Gasteiger partial charge in [-0.25, -0.2) is 4.39 Å². The van der Waals surface area contributed by atoms with Gasteiger partial charge in [0.05, 0.1) is 19.3 Å². The van der Waals surface area contributed by atoms with Crippen molar-refractivity contribution >= 4 is 0 Å². The molecule has 1 atom stereocenters. The second kappa shape index (κ2) is 11.6. The van der Waals surface area contributed by atoms with E-state index >= 15 is 0 Å². The summed E-state index contributed by atoms with van der Waals surface area (Å²) >= 11 is 0. The lowest BCUT2D eigenvalue weighted by atomic mass is 10.2. The molecule has 3 nitrogen and oxygen atoms in total. The first kappa shape index (κ1) is 19.1. The van der Waals surface area contributed by atoms with Gasteiger partial charge in [0.2, 0.25) is 0 Å². The van der Waals surface area contributed by atoms with E-state index < -0.39 is 6.10 Å². The highest BCUT2D eigenvalue weighted by atomic mass is 19.1. The molecule has 0 aromatic heterocycles. The standard InChI is InChI=1S/C18H30FNO2/c1-3-5-11-20(12-6-4-2)13-17(21)15-22-14-16-9-7-8-10-18(16)19/h7-10,17,21H,3-6,11-15H2,1-2H3/t17-/m1/s1. The van der Waals surface area contributed by atoms with E-state index in [2.05, 4.69) is 18.7 Å². The molecule has 0 bridgehead atoms. The second-order valence-corrected chi connectivity index (χ2v) is 5.77. The fourth-order valence-electron chi connectivity index (χ4n) is 2.33. The van der Waals surface area contributed by atoms with E-state index in [1.807, 2.05) is 0 Å². The number of halogens is 1. The zero-order valence-electron chi connectivity index (χ0n) is 13.9. The van der Waals surface area contributed by atoms with E-state index in [-0.39, 0.29) is 19.0 Å². The Hall–Kier alpha value is -0.970. The van der Waals surface area contributed by atoms with Crippen LogP contribution in [-0.4, -0.2) is 42.4 Å². The minimum Gasteiger partial charge on any atom is -0.389 e. The van der Waals surface area contributed by atoms with Crippen molar-refractivity contribution in [1.29, 1.82) is 0 Å². The monoisotopic (exact) mass is 311 g/mol.